The van der Waals surface area contributed by atoms with Crippen molar-refractivity contribution in [2.24, 2.45) is 0 Å². The number of morpholine rings is 1. The topological polar surface area (TPSA) is 65.1 Å². The zero-order valence-electron chi connectivity index (χ0n) is 13.7. The maximum absolute atomic E-state index is 12.1. The Morgan fingerprint density at radius 2 is 1.91 bits per heavy atom. The number of urea groups is 1. The van der Waals surface area contributed by atoms with Gasteiger partial charge in [0, 0.05) is 45.7 Å². The molecule has 124 valence electrons. The number of hydrogen-bond acceptors (Lipinski definition) is 4. The molecule has 3 heterocycles. The van der Waals surface area contributed by atoms with Gasteiger partial charge in [-0.1, -0.05) is 0 Å². The molecule has 3 aliphatic heterocycles. The van der Waals surface area contributed by atoms with E-state index in [9.17, 15) is 9.59 Å². The van der Waals surface area contributed by atoms with Gasteiger partial charge < -0.3 is 19.9 Å². The van der Waals surface area contributed by atoms with Crippen molar-refractivity contribution in [3.05, 3.63) is 0 Å². The number of likely N-dealkylation sites (tertiary alicyclic amines) is 1. The highest BCUT2D eigenvalue weighted by molar-refractivity contribution is 5.76. The highest BCUT2D eigenvalue weighted by Crippen LogP contribution is 2.35. The molecule has 3 saturated heterocycles. The number of ether oxygens (including phenoxy) is 1. The first kappa shape index (κ1) is 15.6. The number of amides is 3. The number of fused-ring (bicyclic) bond motifs is 2. The number of hydrogen-bond donors (Lipinski definition) is 1. The van der Waals surface area contributed by atoms with Crippen LogP contribution >= 0.6 is 0 Å². The number of carbonyl (C=O) groups is 2. The molecular weight excluding hydrogens is 284 g/mol. The predicted molar refractivity (Wildman–Crippen MR) is 81.5 cm³/mol. The van der Waals surface area contributed by atoms with Crippen molar-refractivity contribution >= 4 is 11.9 Å². The molecule has 1 N–H and O–H groups in total. The van der Waals surface area contributed by atoms with E-state index in [-0.39, 0.29) is 29.6 Å². The molecule has 0 aromatic rings. The van der Waals surface area contributed by atoms with E-state index in [1.165, 1.54) is 0 Å². The summed E-state index contributed by atoms with van der Waals surface area (Å²) in [6.07, 6.45) is 0. The van der Waals surface area contributed by atoms with Crippen LogP contribution in [0.25, 0.3) is 0 Å². The van der Waals surface area contributed by atoms with Gasteiger partial charge in [-0.15, -0.1) is 0 Å². The number of rotatable bonds is 1. The Labute approximate surface area is 131 Å². The minimum Gasteiger partial charge on any atom is -0.378 e. The Morgan fingerprint density at radius 3 is 2.55 bits per heavy atom. The summed E-state index contributed by atoms with van der Waals surface area (Å²) in [5, 5.41) is 2.94. The quantitative estimate of drug-likeness (QED) is 0.724. The molecule has 3 rings (SSSR count). The first-order chi connectivity index (χ1) is 10.4. The minimum atomic E-state index is -0.0906. The summed E-state index contributed by atoms with van der Waals surface area (Å²) in [6, 6.07) is 0.382. The van der Waals surface area contributed by atoms with E-state index in [4.69, 9.17) is 4.74 Å². The second-order valence-corrected chi connectivity index (χ2v) is 7.01. The monoisotopic (exact) mass is 310 g/mol. The second kappa shape index (κ2) is 5.70. The van der Waals surface area contributed by atoms with E-state index in [0.29, 0.717) is 26.2 Å². The Hall–Kier alpha value is -1.34. The molecule has 1 unspecified atom stereocenters. The van der Waals surface area contributed by atoms with Crippen LogP contribution in [0.15, 0.2) is 0 Å². The fraction of sp³-hybridized carbons (Fsp3) is 0.867. The van der Waals surface area contributed by atoms with Gasteiger partial charge in [0.2, 0.25) is 5.91 Å². The largest absolute Gasteiger partial charge is 0.378 e. The first-order valence-electron chi connectivity index (χ1n) is 8.07. The molecule has 0 aromatic heterocycles. The van der Waals surface area contributed by atoms with Crippen LogP contribution < -0.4 is 5.32 Å². The SMILES string of the molecule is CC(=O)N1CC2COCCN2C2(C1)CN(C(=O)NC(C)C)C2. The molecule has 0 aromatic carbocycles. The van der Waals surface area contributed by atoms with E-state index in [2.05, 4.69) is 10.2 Å². The van der Waals surface area contributed by atoms with Gasteiger partial charge in [0.15, 0.2) is 0 Å². The fourth-order valence-electron chi connectivity index (χ4n) is 3.86. The van der Waals surface area contributed by atoms with Gasteiger partial charge in [-0.25, -0.2) is 4.79 Å². The lowest BCUT2D eigenvalue weighted by Gasteiger charge is -2.63. The summed E-state index contributed by atoms with van der Waals surface area (Å²) in [5.41, 5.74) is -0.0906. The van der Waals surface area contributed by atoms with Crippen molar-refractivity contribution in [2.75, 3.05) is 45.9 Å². The van der Waals surface area contributed by atoms with Gasteiger partial charge >= 0.3 is 6.03 Å². The summed E-state index contributed by atoms with van der Waals surface area (Å²) in [4.78, 5) is 30.2. The summed E-state index contributed by atoms with van der Waals surface area (Å²) >= 11 is 0. The molecule has 3 fully saturated rings. The molecular formula is C15H26N4O3. The molecule has 3 amide bonds. The fourth-order valence-corrected chi connectivity index (χ4v) is 3.86. The molecule has 7 heteroatoms. The molecule has 3 aliphatic rings. The highest BCUT2D eigenvalue weighted by atomic mass is 16.5. The van der Waals surface area contributed by atoms with E-state index in [0.717, 1.165) is 19.7 Å². The van der Waals surface area contributed by atoms with E-state index < -0.39 is 0 Å². The van der Waals surface area contributed by atoms with Crippen LogP contribution in [0, 0.1) is 0 Å². The second-order valence-electron chi connectivity index (χ2n) is 7.01. The van der Waals surface area contributed by atoms with Gasteiger partial charge in [0.1, 0.15) is 0 Å². The molecule has 0 saturated carbocycles. The van der Waals surface area contributed by atoms with Crippen LogP contribution in [-0.4, -0.2) is 90.2 Å². The predicted octanol–water partition coefficient (Wildman–Crippen LogP) is -0.278. The Bertz CT molecular complexity index is 462. The lowest BCUT2D eigenvalue weighted by Crippen LogP contribution is -2.81. The average Bonchev–Trinajstić information content (AvgIpc) is 2.42. The number of nitrogens with one attached hydrogen (secondary N) is 1. The average molecular weight is 310 g/mol. The van der Waals surface area contributed by atoms with Crippen molar-refractivity contribution in [1.29, 1.82) is 0 Å². The molecule has 7 nitrogen and oxygen atoms in total. The van der Waals surface area contributed by atoms with Crippen molar-refractivity contribution in [2.45, 2.75) is 38.4 Å². The summed E-state index contributed by atoms with van der Waals surface area (Å²) in [5.74, 6) is 0.106. The van der Waals surface area contributed by atoms with Gasteiger partial charge in [-0.3, -0.25) is 9.69 Å². The van der Waals surface area contributed by atoms with E-state index >= 15 is 0 Å². The van der Waals surface area contributed by atoms with Crippen LogP contribution in [-0.2, 0) is 9.53 Å². The normalized spacial score (nSPS) is 27.5. The van der Waals surface area contributed by atoms with E-state index in [1.807, 2.05) is 23.6 Å². The van der Waals surface area contributed by atoms with Crippen LogP contribution in [0.1, 0.15) is 20.8 Å². The lowest BCUT2D eigenvalue weighted by atomic mass is 9.82. The van der Waals surface area contributed by atoms with Crippen molar-refractivity contribution in [3.63, 3.8) is 0 Å². The third-order valence-corrected chi connectivity index (χ3v) is 4.87. The zero-order valence-corrected chi connectivity index (χ0v) is 13.7. The number of piperazine rings is 1. The first-order valence-corrected chi connectivity index (χ1v) is 8.07. The maximum atomic E-state index is 12.1. The van der Waals surface area contributed by atoms with Gasteiger partial charge in [-0.2, -0.15) is 0 Å². The summed E-state index contributed by atoms with van der Waals surface area (Å²) < 4.78 is 5.58. The Kier molecular flexibility index (Phi) is 4.03. The van der Waals surface area contributed by atoms with Crippen LogP contribution in [0.3, 0.4) is 0 Å². The third-order valence-electron chi connectivity index (χ3n) is 4.87. The Morgan fingerprint density at radius 1 is 1.23 bits per heavy atom. The van der Waals surface area contributed by atoms with Gasteiger partial charge in [0.25, 0.3) is 0 Å². The molecule has 1 atom stereocenters. The Balaban J connectivity index is 1.71. The molecule has 0 aliphatic carbocycles. The number of nitrogens with zero attached hydrogens (tertiary/aromatic N) is 3. The van der Waals surface area contributed by atoms with Gasteiger partial charge in [0.05, 0.1) is 24.8 Å². The number of carbonyl (C=O) groups excluding carboxylic acids is 2. The minimum absolute atomic E-state index is 0.00890. The van der Waals surface area contributed by atoms with E-state index in [1.54, 1.807) is 6.92 Å². The zero-order chi connectivity index (χ0) is 15.9. The smallest absolute Gasteiger partial charge is 0.317 e. The van der Waals surface area contributed by atoms with Crippen LogP contribution in [0.4, 0.5) is 4.79 Å². The molecule has 1 spiro atoms. The van der Waals surface area contributed by atoms with Crippen molar-refractivity contribution in [1.82, 2.24) is 20.0 Å². The lowest BCUT2D eigenvalue weighted by molar-refractivity contribution is -0.166. The summed E-state index contributed by atoms with van der Waals surface area (Å²) in [6.45, 7) is 10.6. The van der Waals surface area contributed by atoms with Crippen LogP contribution in [0.5, 0.6) is 0 Å². The standard InChI is InChI=1S/C15H26N4O3/c1-11(2)16-14(21)18-9-15(10-18)8-17(12(3)20)6-13-7-22-5-4-19(13)15/h11,13H,4-10H2,1-3H3,(H,16,21). The van der Waals surface area contributed by atoms with Crippen molar-refractivity contribution in [3.8, 4) is 0 Å². The van der Waals surface area contributed by atoms with Crippen LogP contribution in [0.2, 0.25) is 0 Å². The van der Waals surface area contributed by atoms with Crippen molar-refractivity contribution < 1.29 is 14.3 Å². The van der Waals surface area contributed by atoms with Gasteiger partial charge in [-0.05, 0) is 13.8 Å². The maximum Gasteiger partial charge on any atom is 0.317 e. The summed E-state index contributed by atoms with van der Waals surface area (Å²) in [7, 11) is 0. The highest BCUT2D eigenvalue weighted by Gasteiger charge is 2.55. The third kappa shape index (κ3) is 2.67. The molecule has 0 bridgehead atoms. The molecule has 22 heavy (non-hydrogen) atoms. The molecule has 0 radical (unpaired) electrons.